The number of hydrogen-bond donors (Lipinski definition) is 3. The van der Waals surface area contributed by atoms with Crippen LogP contribution in [0, 0.1) is 11.8 Å². The summed E-state index contributed by atoms with van der Waals surface area (Å²) < 4.78 is 0. The number of primary amides is 1. The zero-order valence-corrected chi connectivity index (χ0v) is 10.2. The number of hydrogen-bond acceptors (Lipinski definition) is 3. The minimum absolute atomic E-state index is 0.0294. The van der Waals surface area contributed by atoms with Crippen molar-refractivity contribution in [3.05, 3.63) is 23.8 Å². The number of nitrogens with two attached hydrogens (primary N) is 1. The molecule has 0 unspecified atom stereocenters. The van der Waals surface area contributed by atoms with Gasteiger partial charge < -0.3 is 15.9 Å². The molecular formula is C13H18N2O3. The number of nitrogens with zero attached hydrogens (tertiary/aromatic N) is 1. The monoisotopic (exact) mass is 250 g/mol. The smallest absolute Gasteiger partial charge is 0.338 e. The van der Waals surface area contributed by atoms with E-state index >= 15 is 0 Å². The Bertz CT molecular complexity index is 387. The standard InChI is InChI=1S/C13H18N2O3/c14-13(18)15-11-12(8-4-6-10-17)7-3-1-2-5-9-16/h2,5,7,11,16-17H,1,3,8-10H2,(H2,14,18)/b5-2?,12-7+,15-11?. The zero-order chi connectivity index (χ0) is 13.6. The number of rotatable bonds is 6. The van der Waals surface area contributed by atoms with Gasteiger partial charge in [-0.25, -0.2) is 9.79 Å². The van der Waals surface area contributed by atoms with Crippen molar-refractivity contribution in [2.24, 2.45) is 10.7 Å². The summed E-state index contributed by atoms with van der Waals surface area (Å²) in [6, 6.07) is -0.754. The second-order valence-electron chi connectivity index (χ2n) is 3.30. The molecule has 0 atom stereocenters. The van der Waals surface area contributed by atoms with Crippen LogP contribution in [0.25, 0.3) is 0 Å². The van der Waals surface area contributed by atoms with E-state index in [9.17, 15) is 4.79 Å². The van der Waals surface area contributed by atoms with Crippen molar-refractivity contribution in [1.29, 1.82) is 0 Å². The van der Waals surface area contributed by atoms with Gasteiger partial charge in [0.2, 0.25) is 0 Å². The number of urea groups is 1. The molecule has 0 saturated carbocycles. The number of aliphatic hydroxyl groups excluding tert-OH is 2. The van der Waals surface area contributed by atoms with Gasteiger partial charge in [-0.05, 0) is 18.4 Å². The molecule has 0 aromatic carbocycles. The summed E-state index contributed by atoms with van der Waals surface area (Å²) in [4.78, 5) is 14.0. The molecular weight excluding hydrogens is 232 g/mol. The van der Waals surface area contributed by atoms with E-state index in [4.69, 9.17) is 15.9 Å². The summed E-state index contributed by atoms with van der Waals surface area (Å²) in [5, 5.41) is 17.1. The normalized spacial score (nSPS) is 11.8. The Morgan fingerprint density at radius 3 is 2.61 bits per heavy atom. The second-order valence-corrected chi connectivity index (χ2v) is 3.30. The van der Waals surface area contributed by atoms with Gasteiger partial charge in [0, 0.05) is 12.6 Å². The summed E-state index contributed by atoms with van der Waals surface area (Å²) in [6.07, 6.45) is 8.72. The lowest BCUT2D eigenvalue weighted by molar-refractivity contribution is 0.257. The van der Waals surface area contributed by atoms with E-state index in [0.717, 1.165) is 18.4 Å². The van der Waals surface area contributed by atoms with E-state index in [2.05, 4.69) is 16.8 Å². The number of aliphatic hydroxyl groups is 2. The van der Waals surface area contributed by atoms with Crippen LogP contribution in [0.4, 0.5) is 4.79 Å². The van der Waals surface area contributed by atoms with Gasteiger partial charge in [-0.3, -0.25) is 0 Å². The SMILES string of the molecule is NC(=O)N=C/C(=C/CCC=CCO)CC#CCO. The molecule has 5 nitrogen and oxygen atoms in total. The highest BCUT2D eigenvalue weighted by atomic mass is 16.3. The lowest BCUT2D eigenvalue weighted by Gasteiger charge is -1.95. The van der Waals surface area contributed by atoms with Crippen LogP contribution < -0.4 is 5.73 Å². The van der Waals surface area contributed by atoms with Crippen LogP contribution in [0.1, 0.15) is 19.3 Å². The first-order chi connectivity index (χ1) is 8.70. The molecule has 0 heterocycles. The maximum atomic E-state index is 10.5. The van der Waals surface area contributed by atoms with Crippen molar-refractivity contribution in [1.82, 2.24) is 0 Å². The predicted octanol–water partition coefficient (Wildman–Crippen LogP) is 0.777. The molecule has 5 heteroatoms. The lowest BCUT2D eigenvalue weighted by atomic mass is 10.1. The fourth-order valence-corrected chi connectivity index (χ4v) is 1.09. The zero-order valence-electron chi connectivity index (χ0n) is 10.2. The maximum absolute atomic E-state index is 10.5. The first-order valence-electron chi connectivity index (χ1n) is 5.55. The van der Waals surface area contributed by atoms with Crippen LogP contribution in [0.15, 0.2) is 28.8 Å². The largest absolute Gasteiger partial charge is 0.392 e. The fourth-order valence-electron chi connectivity index (χ4n) is 1.09. The first kappa shape index (κ1) is 16.1. The van der Waals surface area contributed by atoms with E-state index in [-0.39, 0.29) is 13.2 Å². The predicted molar refractivity (Wildman–Crippen MR) is 71.1 cm³/mol. The van der Waals surface area contributed by atoms with Crippen LogP contribution in [-0.2, 0) is 0 Å². The molecule has 0 saturated heterocycles. The molecule has 0 radical (unpaired) electrons. The summed E-state index contributed by atoms with van der Waals surface area (Å²) in [7, 11) is 0. The Labute approximate surface area is 107 Å². The average molecular weight is 250 g/mol. The molecule has 98 valence electrons. The fraction of sp³-hybridized carbons (Fsp3) is 0.385. The van der Waals surface area contributed by atoms with Crippen molar-refractivity contribution >= 4 is 12.2 Å². The molecule has 0 aliphatic heterocycles. The number of allylic oxidation sites excluding steroid dienone is 3. The average Bonchev–Trinajstić information content (AvgIpc) is 2.35. The number of unbranched alkanes of at least 4 members (excludes halogenated alkanes) is 1. The van der Waals surface area contributed by atoms with E-state index < -0.39 is 6.03 Å². The second kappa shape index (κ2) is 11.6. The quantitative estimate of drug-likeness (QED) is 0.281. The van der Waals surface area contributed by atoms with E-state index in [1.165, 1.54) is 6.21 Å². The van der Waals surface area contributed by atoms with Crippen LogP contribution in [0.5, 0.6) is 0 Å². The van der Waals surface area contributed by atoms with Crippen molar-refractivity contribution in [3.63, 3.8) is 0 Å². The van der Waals surface area contributed by atoms with Gasteiger partial charge >= 0.3 is 6.03 Å². The van der Waals surface area contributed by atoms with E-state index in [1.807, 2.05) is 12.2 Å². The molecule has 18 heavy (non-hydrogen) atoms. The van der Waals surface area contributed by atoms with E-state index in [1.54, 1.807) is 6.08 Å². The van der Waals surface area contributed by atoms with Gasteiger partial charge in [0.05, 0.1) is 6.61 Å². The highest BCUT2D eigenvalue weighted by Gasteiger charge is 1.92. The molecule has 0 aliphatic carbocycles. The summed E-state index contributed by atoms with van der Waals surface area (Å²) in [6.45, 7) is -0.166. The van der Waals surface area contributed by atoms with Crippen molar-refractivity contribution in [2.75, 3.05) is 13.2 Å². The molecule has 0 spiro atoms. The van der Waals surface area contributed by atoms with E-state index in [0.29, 0.717) is 6.42 Å². The van der Waals surface area contributed by atoms with Crippen molar-refractivity contribution in [3.8, 4) is 11.8 Å². The molecule has 0 fully saturated rings. The van der Waals surface area contributed by atoms with Gasteiger partial charge in [0.25, 0.3) is 0 Å². The number of amides is 2. The summed E-state index contributed by atoms with van der Waals surface area (Å²) >= 11 is 0. The highest BCUT2D eigenvalue weighted by molar-refractivity contribution is 5.90. The Morgan fingerprint density at radius 2 is 2.00 bits per heavy atom. The third kappa shape index (κ3) is 10.6. The molecule has 2 amide bonds. The van der Waals surface area contributed by atoms with Gasteiger partial charge in [-0.15, -0.1) is 0 Å². The molecule has 4 N–H and O–H groups in total. The Morgan fingerprint density at radius 1 is 1.22 bits per heavy atom. The van der Waals surface area contributed by atoms with Gasteiger partial charge in [0.1, 0.15) is 6.61 Å². The highest BCUT2D eigenvalue weighted by Crippen LogP contribution is 2.02. The first-order valence-corrected chi connectivity index (χ1v) is 5.55. The van der Waals surface area contributed by atoms with Gasteiger partial charge in [0.15, 0.2) is 0 Å². The van der Waals surface area contributed by atoms with Crippen LogP contribution >= 0.6 is 0 Å². The van der Waals surface area contributed by atoms with Crippen LogP contribution in [0.3, 0.4) is 0 Å². The number of carbonyl (C=O) groups is 1. The van der Waals surface area contributed by atoms with Crippen molar-refractivity contribution in [2.45, 2.75) is 19.3 Å². The molecule has 0 bridgehead atoms. The van der Waals surface area contributed by atoms with Crippen molar-refractivity contribution < 1.29 is 15.0 Å². The number of aliphatic imine (C=N–C) groups is 1. The number of carbonyl (C=O) groups excluding carboxylic acids is 1. The maximum Gasteiger partial charge on any atom is 0.338 e. The van der Waals surface area contributed by atoms with Gasteiger partial charge in [-0.1, -0.05) is 30.1 Å². The minimum Gasteiger partial charge on any atom is -0.392 e. The Hall–Kier alpha value is -1.90. The van der Waals surface area contributed by atoms with Crippen LogP contribution in [-0.4, -0.2) is 35.7 Å². The minimum atomic E-state index is -0.754. The summed E-state index contributed by atoms with van der Waals surface area (Å²) in [5.74, 6) is 5.26. The summed E-state index contributed by atoms with van der Waals surface area (Å²) in [5.41, 5.74) is 5.68. The topological polar surface area (TPSA) is 95.9 Å². The molecule has 0 aromatic heterocycles. The lowest BCUT2D eigenvalue weighted by Crippen LogP contribution is -2.04. The molecule has 0 aromatic rings. The Kier molecular flexibility index (Phi) is 10.4. The molecule has 0 rings (SSSR count). The Balaban J connectivity index is 4.39. The third-order valence-electron chi connectivity index (χ3n) is 1.87. The van der Waals surface area contributed by atoms with Gasteiger partial charge in [-0.2, -0.15) is 0 Å². The molecule has 0 aliphatic rings. The third-order valence-corrected chi connectivity index (χ3v) is 1.87. The van der Waals surface area contributed by atoms with Crippen LogP contribution in [0.2, 0.25) is 0 Å².